The lowest BCUT2D eigenvalue weighted by atomic mass is 10.2. The molecule has 90 valence electrons. The predicted octanol–water partition coefficient (Wildman–Crippen LogP) is 3.15. The maximum Gasteiger partial charge on any atom is 0.109 e. The van der Waals surface area contributed by atoms with Gasteiger partial charge in [0.2, 0.25) is 0 Å². The average molecular weight is 229 g/mol. The molecule has 0 bridgehead atoms. The van der Waals surface area contributed by atoms with Crippen LogP contribution in [0.2, 0.25) is 0 Å². The molecule has 3 rings (SSSR count). The normalized spacial score (nSPS) is 23.2. The van der Waals surface area contributed by atoms with Gasteiger partial charge in [0.1, 0.15) is 5.82 Å². The van der Waals surface area contributed by atoms with E-state index in [1.165, 1.54) is 24.2 Å². The summed E-state index contributed by atoms with van der Waals surface area (Å²) in [4.78, 5) is 4.70. The van der Waals surface area contributed by atoms with Crippen LogP contribution in [0.4, 0.5) is 5.69 Å². The van der Waals surface area contributed by atoms with E-state index >= 15 is 0 Å². The summed E-state index contributed by atoms with van der Waals surface area (Å²) >= 11 is 0. The summed E-state index contributed by atoms with van der Waals surface area (Å²) in [6.45, 7) is 4.44. The zero-order chi connectivity index (χ0) is 12.0. The van der Waals surface area contributed by atoms with Gasteiger partial charge in [0.15, 0.2) is 0 Å². The Morgan fingerprint density at radius 3 is 2.88 bits per heavy atom. The number of benzene rings is 1. The summed E-state index contributed by atoms with van der Waals surface area (Å²) in [7, 11) is 0. The number of aromatic nitrogens is 2. The highest BCUT2D eigenvalue weighted by atomic mass is 15.1. The van der Waals surface area contributed by atoms with Crippen LogP contribution in [0.1, 0.15) is 38.6 Å². The second-order valence-corrected chi connectivity index (χ2v) is 4.97. The maximum absolute atomic E-state index is 5.82. The van der Waals surface area contributed by atoms with Crippen LogP contribution in [-0.4, -0.2) is 9.55 Å². The third-order valence-corrected chi connectivity index (χ3v) is 3.84. The van der Waals surface area contributed by atoms with Crippen molar-refractivity contribution < 1.29 is 0 Å². The van der Waals surface area contributed by atoms with E-state index in [2.05, 4.69) is 24.5 Å². The van der Waals surface area contributed by atoms with E-state index in [1.807, 2.05) is 12.1 Å². The molecule has 2 aromatic rings. The SMILES string of the molecule is CCc1nc2cc(N)ccc2n1C1CC1CC. The van der Waals surface area contributed by atoms with E-state index in [-0.39, 0.29) is 0 Å². The van der Waals surface area contributed by atoms with Gasteiger partial charge in [-0.15, -0.1) is 0 Å². The standard InChI is InChI=1S/C14H19N3/c1-3-9-7-13(9)17-12-6-5-10(15)8-11(12)16-14(17)4-2/h5-6,8-9,13H,3-4,7,15H2,1-2H3. The van der Waals surface area contributed by atoms with Gasteiger partial charge < -0.3 is 10.3 Å². The number of rotatable bonds is 3. The van der Waals surface area contributed by atoms with Crippen molar-refractivity contribution in [1.29, 1.82) is 0 Å². The van der Waals surface area contributed by atoms with Crippen molar-refractivity contribution in [3.05, 3.63) is 24.0 Å². The van der Waals surface area contributed by atoms with Gasteiger partial charge in [0.05, 0.1) is 11.0 Å². The Morgan fingerprint density at radius 2 is 2.24 bits per heavy atom. The second kappa shape index (κ2) is 3.76. The molecule has 2 atom stereocenters. The van der Waals surface area contributed by atoms with Crippen LogP contribution in [-0.2, 0) is 6.42 Å². The Kier molecular flexibility index (Phi) is 2.35. The van der Waals surface area contributed by atoms with E-state index < -0.39 is 0 Å². The molecule has 1 aliphatic carbocycles. The Bertz CT molecular complexity index is 556. The van der Waals surface area contributed by atoms with Crippen molar-refractivity contribution in [2.24, 2.45) is 5.92 Å². The van der Waals surface area contributed by atoms with Gasteiger partial charge in [-0.2, -0.15) is 0 Å². The predicted molar refractivity (Wildman–Crippen MR) is 71.0 cm³/mol. The number of nitrogens with two attached hydrogens (primary N) is 1. The van der Waals surface area contributed by atoms with Crippen LogP contribution >= 0.6 is 0 Å². The van der Waals surface area contributed by atoms with Gasteiger partial charge >= 0.3 is 0 Å². The van der Waals surface area contributed by atoms with Crippen LogP contribution < -0.4 is 5.73 Å². The van der Waals surface area contributed by atoms with Crippen LogP contribution in [0, 0.1) is 5.92 Å². The first kappa shape index (κ1) is 10.6. The van der Waals surface area contributed by atoms with E-state index in [9.17, 15) is 0 Å². The van der Waals surface area contributed by atoms with Crippen molar-refractivity contribution in [3.63, 3.8) is 0 Å². The fraction of sp³-hybridized carbons (Fsp3) is 0.500. The quantitative estimate of drug-likeness (QED) is 0.822. The molecule has 0 aliphatic heterocycles. The van der Waals surface area contributed by atoms with Crippen molar-refractivity contribution in [1.82, 2.24) is 9.55 Å². The average Bonchev–Trinajstić information content (AvgIpc) is 3.02. The number of nitrogens with zero attached hydrogens (tertiary/aromatic N) is 2. The van der Waals surface area contributed by atoms with E-state index in [4.69, 9.17) is 10.7 Å². The molecule has 1 aromatic heterocycles. The number of imidazole rings is 1. The molecule has 2 unspecified atom stereocenters. The first-order valence-corrected chi connectivity index (χ1v) is 6.51. The van der Waals surface area contributed by atoms with Crippen LogP contribution in [0.25, 0.3) is 11.0 Å². The molecule has 1 aliphatic rings. The summed E-state index contributed by atoms with van der Waals surface area (Å²) in [6.07, 6.45) is 3.56. The van der Waals surface area contributed by atoms with Gasteiger partial charge in [-0.05, 0) is 30.5 Å². The fourth-order valence-corrected chi connectivity index (χ4v) is 2.77. The summed E-state index contributed by atoms with van der Waals surface area (Å²) in [5, 5.41) is 0. The molecule has 1 aromatic carbocycles. The lowest BCUT2D eigenvalue weighted by Gasteiger charge is -2.07. The highest BCUT2D eigenvalue weighted by Gasteiger charge is 2.38. The van der Waals surface area contributed by atoms with Crippen molar-refractivity contribution in [2.45, 2.75) is 39.2 Å². The molecule has 3 heteroatoms. The third kappa shape index (κ3) is 1.61. The Hall–Kier alpha value is -1.51. The molecule has 1 fully saturated rings. The van der Waals surface area contributed by atoms with Gasteiger partial charge in [-0.25, -0.2) is 4.98 Å². The number of hydrogen-bond acceptors (Lipinski definition) is 2. The molecule has 1 heterocycles. The minimum absolute atomic E-state index is 0.670. The summed E-state index contributed by atoms with van der Waals surface area (Å²) < 4.78 is 2.43. The number of aryl methyl sites for hydroxylation is 1. The lowest BCUT2D eigenvalue weighted by molar-refractivity contribution is 0.628. The van der Waals surface area contributed by atoms with Crippen LogP contribution in [0.3, 0.4) is 0 Å². The molecule has 2 N–H and O–H groups in total. The summed E-state index contributed by atoms with van der Waals surface area (Å²) in [5.41, 5.74) is 8.91. The van der Waals surface area contributed by atoms with Crippen molar-refractivity contribution >= 4 is 16.7 Å². The zero-order valence-electron chi connectivity index (χ0n) is 10.5. The van der Waals surface area contributed by atoms with Gasteiger partial charge in [0.25, 0.3) is 0 Å². The molecule has 3 nitrogen and oxygen atoms in total. The highest BCUT2D eigenvalue weighted by molar-refractivity contribution is 5.80. The topological polar surface area (TPSA) is 43.8 Å². The Balaban J connectivity index is 2.14. The largest absolute Gasteiger partial charge is 0.399 e. The van der Waals surface area contributed by atoms with E-state index in [1.54, 1.807) is 0 Å². The van der Waals surface area contributed by atoms with Crippen LogP contribution in [0.15, 0.2) is 18.2 Å². The van der Waals surface area contributed by atoms with Crippen molar-refractivity contribution in [3.8, 4) is 0 Å². The number of nitrogen functional groups attached to an aromatic ring is 1. The molecule has 1 saturated carbocycles. The highest BCUT2D eigenvalue weighted by Crippen LogP contribution is 2.47. The molecule has 17 heavy (non-hydrogen) atoms. The molecule has 0 radical (unpaired) electrons. The maximum atomic E-state index is 5.82. The fourth-order valence-electron chi connectivity index (χ4n) is 2.77. The van der Waals surface area contributed by atoms with Gasteiger partial charge in [0, 0.05) is 18.2 Å². The van der Waals surface area contributed by atoms with Crippen molar-refractivity contribution in [2.75, 3.05) is 5.73 Å². The molecule has 0 spiro atoms. The minimum atomic E-state index is 0.670. The van der Waals surface area contributed by atoms with Gasteiger partial charge in [-0.3, -0.25) is 0 Å². The molecular formula is C14H19N3. The molecule has 0 amide bonds. The van der Waals surface area contributed by atoms with E-state index in [0.717, 1.165) is 23.5 Å². The smallest absolute Gasteiger partial charge is 0.109 e. The van der Waals surface area contributed by atoms with E-state index in [0.29, 0.717) is 6.04 Å². The third-order valence-electron chi connectivity index (χ3n) is 3.84. The van der Waals surface area contributed by atoms with Crippen LogP contribution in [0.5, 0.6) is 0 Å². The minimum Gasteiger partial charge on any atom is -0.399 e. The second-order valence-electron chi connectivity index (χ2n) is 4.97. The number of anilines is 1. The summed E-state index contributed by atoms with van der Waals surface area (Å²) in [6, 6.07) is 6.74. The monoisotopic (exact) mass is 229 g/mol. The summed E-state index contributed by atoms with van der Waals surface area (Å²) in [5.74, 6) is 2.04. The first-order chi connectivity index (χ1) is 8.24. The van der Waals surface area contributed by atoms with Gasteiger partial charge in [-0.1, -0.05) is 20.3 Å². The lowest BCUT2D eigenvalue weighted by Crippen LogP contribution is -2.01. The number of fused-ring (bicyclic) bond motifs is 1. The zero-order valence-corrected chi connectivity index (χ0v) is 10.5. The Morgan fingerprint density at radius 1 is 1.41 bits per heavy atom. The first-order valence-electron chi connectivity index (χ1n) is 6.51. The molecule has 0 saturated heterocycles. The molecular weight excluding hydrogens is 210 g/mol. The Labute approximate surface area is 102 Å². The number of hydrogen-bond donors (Lipinski definition) is 1.